The van der Waals surface area contributed by atoms with Crippen LogP contribution in [0.15, 0.2) is 36.4 Å². The van der Waals surface area contributed by atoms with E-state index in [4.69, 9.17) is 9.84 Å². The molecule has 0 radical (unpaired) electrons. The van der Waals surface area contributed by atoms with Crippen molar-refractivity contribution in [1.82, 2.24) is 0 Å². The lowest BCUT2D eigenvalue weighted by molar-refractivity contribution is 0.0690. The van der Waals surface area contributed by atoms with Gasteiger partial charge in [-0.15, -0.1) is 0 Å². The lowest BCUT2D eigenvalue weighted by Gasteiger charge is -2.09. The van der Waals surface area contributed by atoms with Crippen LogP contribution >= 0.6 is 0 Å². The molecule has 0 bridgehead atoms. The molecule has 0 unspecified atom stereocenters. The number of halogens is 3. The average Bonchev–Trinajstić information content (AvgIpc) is 2.40. The first-order chi connectivity index (χ1) is 9.49. The molecular weight excluding hydrogens is 273 g/mol. The van der Waals surface area contributed by atoms with Gasteiger partial charge < -0.3 is 9.84 Å². The van der Waals surface area contributed by atoms with Crippen LogP contribution in [0.25, 0.3) is 0 Å². The lowest BCUT2D eigenvalue weighted by Crippen LogP contribution is -2.05. The Bertz CT molecular complexity index is 656. The Balaban J connectivity index is 2.18. The highest BCUT2D eigenvalue weighted by atomic mass is 19.2. The molecular formula is C14H9F3O3. The smallest absolute Gasteiger partial charge is 0.338 e. The second kappa shape index (κ2) is 5.64. The summed E-state index contributed by atoms with van der Waals surface area (Å²) >= 11 is 0. The maximum Gasteiger partial charge on any atom is 0.338 e. The van der Waals surface area contributed by atoms with Crippen molar-refractivity contribution >= 4 is 5.97 Å². The molecule has 0 atom stereocenters. The normalized spacial score (nSPS) is 10.3. The van der Waals surface area contributed by atoms with Gasteiger partial charge in [0.15, 0.2) is 11.6 Å². The Kier molecular flexibility index (Phi) is 3.93. The molecule has 0 saturated carbocycles. The van der Waals surface area contributed by atoms with E-state index < -0.39 is 34.7 Å². The van der Waals surface area contributed by atoms with Crippen LogP contribution in [0.4, 0.5) is 13.2 Å². The molecule has 0 saturated heterocycles. The molecule has 0 aliphatic heterocycles. The quantitative estimate of drug-likeness (QED) is 0.935. The third kappa shape index (κ3) is 2.90. The molecule has 6 heteroatoms. The predicted molar refractivity (Wildman–Crippen MR) is 64.0 cm³/mol. The van der Waals surface area contributed by atoms with Gasteiger partial charge in [0.25, 0.3) is 0 Å². The van der Waals surface area contributed by atoms with Crippen LogP contribution in [-0.2, 0) is 6.61 Å². The fraction of sp³-hybridized carbons (Fsp3) is 0.0714. The Morgan fingerprint density at radius 3 is 2.50 bits per heavy atom. The number of aromatic carboxylic acids is 1. The van der Waals surface area contributed by atoms with Crippen LogP contribution in [-0.4, -0.2) is 11.1 Å². The lowest BCUT2D eigenvalue weighted by atomic mass is 10.2. The third-order valence-corrected chi connectivity index (χ3v) is 2.56. The zero-order valence-electron chi connectivity index (χ0n) is 10.1. The number of rotatable bonds is 4. The van der Waals surface area contributed by atoms with E-state index in [1.807, 2.05) is 0 Å². The second-order valence-corrected chi connectivity index (χ2v) is 3.96. The van der Waals surface area contributed by atoms with Crippen molar-refractivity contribution < 1.29 is 27.8 Å². The number of carboxylic acids is 1. The van der Waals surface area contributed by atoms with Crippen LogP contribution < -0.4 is 4.74 Å². The highest BCUT2D eigenvalue weighted by Gasteiger charge is 2.18. The van der Waals surface area contributed by atoms with E-state index in [0.29, 0.717) is 5.56 Å². The topological polar surface area (TPSA) is 46.5 Å². The van der Waals surface area contributed by atoms with Gasteiger partial charge in [0.2, 0.25) is 5.82 Å². The summed E-state index contributed by atoms with van der Waals surface area (Å²) in [7, 11) is 0. The van der Waals surface area contributed by atoms with Gasteiger partial charge in [-0.25, -0.2) is 13.6 Å². The zero-order valence-corrected chi connectivity index (χ0v) is 10.1. The summed E-state index contributed by atoms with van der Waals surface area (Å²) in [5, 5.41) is 8.63. The number of benzene rings is 2. The molecule has 2 aromatic rings. The maximum absolute atomic E-state index is 13.6. The first-order valence-electron chi connectivity index (χ1n) is 5.57. The zero-order chi connectivity index (χ0) is 14.7. The molecule has 2 rings (SSSR count). The summed E-state index contributed by atoms with van der Waals surface area (Å²) in [6.07, 6.45) is 0. The van der Waals surface area contributed by atoms with Crippen LogP contribution in [0.5, 0.6) is 5.75 Å². The highest BCUT2D eigenvalue weighted by molar-refractivity contribution is 5.88. The van der Waals surface area contributed by atoms with Crippen molar-refractivity contribution in [1.29, 1.82) is 0 Å². The molecule has 0 heterocycles. The molecule has 104 valence electrons. The van der Waals surface area contributed by atoms with Crippen LogP contribution in [0.1, 0.15) is 15.9 Å². The summed E-state index contributed by atoms with van der Waals surface area (Å²) in [5.74, 6) is -5.36. The van der Waals surface area contributed by atoms with Crippen molar-refractivity contribution in [2.45, 2.75) is 6.61 Å². The summed E-state index contributed by atoms with van der Waals surface area (Å²) < 4.78 is 44.9. The Morgan fingerprint density at radius 1 is 1.10 bits per heavy atom. The molecule has 0 aliphatic carbocycles. The van der Waals surface area contributed by atoms with Gasteiger partial charge in [-0.3, -0.25) is 0 Å². The Hall–Kier alpha value is -2.50. The Labute approximate surface area is 112 Å². The minimum atomic E-state index is -1.57. The van der Waals surface area contributed by atoms with Gasteiger partial charge in [-0.1, -0.05) is 12.1 Å². The number of hydrogen-bond acceptors (Lipinski definition) is 2. The van der Waals surface area contributed by atoms with Crippen molar-refractivity contribution in [3.8, 4) is 5.75 Å². The average molecular weight is 282 g/mol. The van der Waals surface area contributed by atoms with E-state index in [-0.39, 0.29) is 6.61 Å². The molecule has 2 aromatic carbocycles. The summed E-state index contributed by atoms with van der Waals surface area (Å²) in [6.45, 7) is -0.166. The van der Waals surface area contributed by atoms with Gasteiger partial charge in [0.1, 0.15) is 12.4 Å². The van der Waals surface area contributed by atoms with Gasteiger partial charge in [-0.05, 0) is 29.8 Å². The molecule has 0 fully saturated rings. The largest absolute Gasteiger partial charge is 0.486 e. The van der Waals surface area contributed by atoms with Crippen molar-refractivity contribution in [3.63, 3.8) is 0 Å². The SMILES string of the molecule is O=C(O)c1ccc(OCc2cccc(F)c2)c(F)c1F. The fourth-order valence-electron chi connectivity index (χ4n) is 1.60. The molecule has 1 N–H and O–H groups in total. The van der Waals surface area contributed by atoms with E-state index in [0.717, 1.165) is 12.1 Å². The standard InChI is InChI=1S/C14H9F3O3/c15-9-3-1-2-8(6-9)7-20-11-5-4-10(14(18)19)12(16)13(11)17/h1-6H,7H2,(H,18,19). The minimum Gasteiger partial charge on any atom is -0.486 e. The van der Waals surface area contributed by atoms with E-state index in [9.17, 15) is 18.0 Å². The van der Waals surface area contributed by atoms with Gasteiger partial charge in [0, 0.05) is 0 Å². The summed E-state index contributed by atoms with van der Waals surface area (Å²) in [5.41, 5.74) is -0.340. The van der Waals surface area contributed by atoms with Crippen LogP contribution in [0.3, 0.4) is 0 Å². The molecule has 3 nitrogen and oxygen atoms in total. The number of ether oxygens (including phenoxy) is 1. The molecule has 0 aliphatic rings. The number of hydrogen-bond donors (Lipinski definition) is 1. The second-order valence-electron chi connectivity index (χ2n) is 3.96. The summed E-state index contributed by atoms with van der Waals surface area (Å²) in [6, 6.07) is 7.37. The molecule has 0 spiro atoms. The maximum atomic E-state index is 13.6. The highest BCUT2D eigenvalue weighted by Crippen LogP contribution is 2.23. The minimum absolute atomic E-state index is 0.166. The molecule has 20 heavy (non-hydrogen) atoms. The fourth-order valence-corrected chi connectivity index (χ4v) is 1.60. The van der Waals surface area contributed by atoms with Crippen molar-refractivity contribution in [3.05, 3.63) is 65.0 Å². The predicted octanol–water partition coefficient (Wildman–Crippen LogP) is 3.38. The first kappa shape index (κ1) is 13.9. The first-order valence-corrected chi connectivity index (χ1v) is 5.57. The van der Waals surface area contributed by atoms with Crippen LogP contribution in [0.2, 0.25) is 0 Å². The third-order valence-electron chi connectivity index (χ3n) is 2.56. The molecule has 0 aromatic heterocycles. The number of carboxylic acid groups (broad SMARTS) is 1. The van der Waals surface area contributed by atoms with Gasteiger partial charge in [-0.2, -0.15) is 4.39 Å². The monoisotopic (exact) mass is 282 g/mol. The van der Waals surface area contributed by atoms with E-state index in [1.165, 1.54) is 18.2 Å². The summed E-state index contributed by atoms with van der Waals surface area (Å²) in [4.78, 5) is 10.6. The van der Waals surface area contributed by atoms with E-state index in [1.54, 1.807) is 6.07 Å². The number of carbonyl (C=O) groups is 1. The van der Waals surface area contributed by atoms with Gasteiger partial charge >= 0.3 is 5.97 Å². The van der Waals surface area contributed by atoms with E-state index >= 15 is 0 Å². The van der Waals surface area contributed by atoms with Gasteiger partial charge in [0.05, 0.1) is 5.56 Å². The van der Waals surface area contributed by atoms with Crippen molar-refractivity contribution in [2.24, 2.45) is 0 Å². The Morgan fingerprint density at radius 2 is 1.85 bits per heavy atom. The molecule has 0 amide bonds. The van der Waals surface area contributed by atoms with E-state index in [2.05, 4.69) is 0 Å². The van der Waals surface area contributed by atoms with Crippen LogP contribution in [0, 0.1) is 17.5 Å². The van der Waals surface area contributed by atoms with Crippen molar-refractivity contribution in [2.75, 3.05) is 0 Å².